The van der Waals surface area contributed by atoms with Gasteiger partial charge in [0.1, 0.15) is 5.60 Å². The van der Waals surface area contributed by atoms with E-state index in [2.05, 4.69) is 5.32 Å². The largest absolute Gasteiger partial charge is 0.444 e. The van der Waals surface area contributed by atoms with Gasteiger partial charge in [-0.25, -0.2) is 4.79 Å². The van der Waals surface area contributed by atoms with Gasteiger partial charge in [0.15, 0.2) is 0 Å². The number of halogens is 3. The molecule has 0 saturated carbocycles. The van der Waals surface area contributed by atoms with E-state index in [1.807, 2.05) is 0 Å². The number of hydrogen-bond acceptors (Lipinski definition) is 4. The minimum Gasteiger partial charge on any atom is -0.444 e. The highest BCUT2D eigenvalue weighted by Gasteiger charge is 2.36. The quantitative estimate of drug-likeness (QED) is 0.698. The van der Waals surface area contributed by atoms with Crippen LogP contribution in [0.3, 0.4) is 0 Å². The Labute approximate surface area is 195 Å². The SMILES string of the molecule is CC(C)(C)OC(=O)Nc1ccc(C(=O)N2CCN(C(=O)c3ccccc3C(F)(F)F)CC2)cc1. The Hall–Kier alpha value is -3.56. The van der Waals surface area contributed by atoms with Crippen LogP contribution in [0.25, 0.3) is 0 Å². The van der Waals surface area contributed by atoms with Crippen LogP contribution in [0.1, 0.15) is 47.1 Å². The molecule has 1 aliphatic heterocycles. The molecule has 0 aliphatic carbocycles. The molecule has 0 atom stereocenters. The second-order valence-electron chi connectivity index (χ2n) is 8.83. The summed E-state index contributed by atoms with van der Waals surface area (Å²) in [4.78, 5) is 40.2. The summed E-state index contributed by atoms with van der Waals surface area (Å²) >= 11 is 0. The van der Waals surface area contributed by atoms with E-state index in [1.165, 1.54) is 21.9 Å². The van der Waals surface area contributed by atoms with Crippen LogP contribution in [0.5, 0.6) is 0 Å². The van der Waals surface area contributed by atoms with Crippen LogP contribution in [0.4, 0.5) is 23.7 Å². The van der Waals surface area contributed by atoms with Gasteiger partial charge in [0.2, 0.25) is 0 Å². The van der Waals surface area contributed by atoms with Gasteiger partial charge in [-0.15, -0.1) is 0 Å². The lowest BCUT2D eigenvalue weighted by molar-refractivity contribution is -0.138. The zero-order valence-corrected chi connectivity index (χ0v) is 19.1. The molecule has 1 heterocycles. The zero-order chi connectivity index (χ0) is 25.1. The molecule has 0 unspecified atom stereocenters. The molecule has 0 spiro atoms. The van der Waals surface area contributed by atoms with Crippen molar-refractivity contribution >= 4 is 23.6 Å². The van der Waals surface area contributed by atoms with E-state index in [-0.39, 0.29) is 32.1 Å². The molecule has 1 aliphatic rings. The van der Waals surface area contributed by atoms with Crippen molar-refractivity contribution in [3.8, 4) is 0 Å². The number of carbonyl (C=O) groups is 3. The number of amides is 3. The lowest BCUT2D eigenvalue weighted by Gasteiger charge is -2.35. The summed E-state index contributed by atoms with van der Waals surface area (Å²) in [5, 5.41) is 2.58. The van der Waals surface area contributed by atoms with Gasteiger partial charge in [-0.05, 0) is 57.2 Å². The van der Waals surface area contributed by atoms with Crippen LogP contribution in [-0.4, -0.2) is 59.5 Å². The van der Waals surface area contributed by atoms with Crippen LogP contribution < -0.4 is 5.32 Å². The van der Waals surface area contributed by atoms with E-state index >= 15 is 0 Å². The number of piperazine rings is 1. The number of benzene rings is 2. The van der Waals surface area contributed by atoms with Crippen molar-refractivity contribution in [2.24, 2.45) is 0 Å². The third-order valence-corrected chi connectivity index (χ3v) is 5.09. The monoisotopic (exact) mass is 477 g/mol. The first-order chi connectivity index (χ1) is 15.8. The maximum atomic E-state index is 13.2. The van der Waals surface area contributed by atoms with Crippen LogP contribution in [-0.2, 0) is 10.9 Å². The molecule has 0 bridgehead atoms. The lowest BCUT2D eigenvalue weighted by atomic mass is 10.1. The maximum Gasteiger partial charge on any atom is 0.417 e. The highest BCUT2D eigenvalue weighted by atomic mass is 19.4. The summed E-state index contributed by atoms with van der Waals surface area (Å²) in [6.07, 6.45) is -5.24. The molecule has 2 aromatic rings. The number of nitrogens with one attached hydrogen (secondary N) is 1. The predicted octanol–water partition coefficient (Wildman–Crippen LogP) is 4.65. The lowest BCUT2D eigenvalue weighted by Crippen LogP contribution is -2.50. The first-order valence-electron chi connectivity index (χ1n) is 10.7. The average Bonchev–Trinajstić information content (AvgIpc) is 2.77. The number of nitrogens with zero attached hydrogens (tertiary/aromatic N) is 2. The fraction of sp³-hybridized carbons (Fsp3) is 0.375. The number of alkyl halides is 3. The van der Waals surface area contributed by atoms with Crippen molar-refractivity contribution in [1.82, 2.24) is 9.80 Å². The molecule has 10 heteroatoms. The maximum absolute atomic E-state index is 13.2. The van der Waals surface area contributed by atoms with Gasteiger partial charge in [-0.3, -0.25) is 14.9 Å². The first-order valence-corrected chi connectivity index (χ1v) is 10.7. The average molecular weight is 477 g/mol. The number of hydrogen-bond donors (Lipinski definition) is 1. The van der Waals surface area contributed by atoms with Gasteiger partial charge in [0.05, 0.1) is 11.1 Å². The molecule has 7 nitrogen and oxygen atoms in total. The molecule has 3 amide bonds. The molecule has 1 fully saturated rings. The number of carbonyl (C=O) groups excluding carboxylic acids is 3. The van der Waals surface area contributed by atoms with E-state index in [9.17, 15) is 27.6 Å². The summed E-state index contributed by atoms with van der Waals surface area (Å²) in [6.45, 7) is 5.86. The highest BCUT2D eigenvalue weighted by molar-refractivity contribution is 5.97. The normalized spacial score (nSPS) is 14.5. The molecule has 2 aromatic carbocycles. The molecular weight excluding hydrogens is 451 g/mol. The third kappa shape index (κ3) is 6.27. The summed E-state index contributed by atoms with van der Waals surface area (Å²) in [6, 6.07) is 11.0. The topological polar surface area (TPSA) is 79.0 Å². The highest BCUT2D eigenvalue weighted by Crippen LogP contribution is 2.32. The van der Waals surface area contributed by atoms with Crippen molar-refractivity contribution < 1.29 is 32.3 Å². The minimum absolute atomic E-state index is 0.120. The fourth-order valence-electron chi connectivity index (χ4n) is 3.50. The van der Waals surface area contributed by atoms with Crippen molar-refractivity contribution in [1.29, 1.82) is 0 Å². The Morgan fingerprint density at radius 2 is 1.35 bits per heavy atom. The van der Waals surface area contributed by atoms with Crippen molar-refractivity contribution in [2.75, 3.05) is 31.5 Å². The van der Waals surface area contributed by atoms with E-state index in [0.29, 0.717) is 11.3 Å². The van der Waals surface area contributed by atoms with Crippen molar-refractivity contribution in [2.45, 2.75) is 32.5 Å². The Bertz CT molecular complexity index is 1050. The molecule has 3 rings (SSSR count). The van der Waals surface area contributed by atoms with E-state index in [0.717, 1.165) is 12.1 Å². The number of rotatable bonds is 3. The fourth-order valence-corrected chi connectivity index (χ4v) is 3.50. The van der Waals surface area contributed by atoms with Crippen molar-refractivity contribution in [3.63, 3.8) is 0 Å². The summed E-state index contributed by atoms with van der Waals surface area (Å²) in [5.41, 5.74) is -1.17. The Morgan fingerprint density at radius 3 is 1.88 bits per heavy atom. The Kier molecular flexibility index (Phi) is 7.18. The first kappa shape index (κ1) is 25.1. The smallest absolute Gasteiger partial charge is 0.417 e. The Balaban J connectivity index is 1.59. The third-order valence-electron chi connectivity index (χ3n) is 5.09. The second-order valence-corrected chi connectivity index (χ2v) is 8.83. The molecule has 182 valence electrons. The molecule has 1 N–H and O–H groups in total. The van der Waals surface area contributed by atoms with Crippen LogP contribution >= 0.6 is 0 Å². The number of anilines is 1. The van der Waals surface area contributed by atoms with Crippen LogP contribution in [0.2, 0.25) is 0 Å². The molecule has 0 radical (unpaired) electrons. The van der Waals surface area contributed by atoms with E-state index in [1.54, 1.807) is 45.0 Å². The molecule has 1 saturated heterocycles. The van der Waals surface area contributed by atoms with Gasteiger partial charge < -0.3 is 14.5 Å². The summed E-state index contributed by atoms with van der Waals surface area (Å²) in [5.74, 6) is -0.982. The van der Waals surface area contributed by atoms with E-state index in [4.69, 9.17) is 4.74 Å². The second kappa shape index (κ2) is 9.74. The predicted molar refractivity (Wildman–Crippen MR) is 120 cm³/mol. The van der Waals surface area contributed by atoms with Crippen LogP contribution in [0.15, 0.2) is 48.5 Å². The minimum atomic E-state index is -4.63. The van der Waals surface area contributed by atoms with E-state index < -0.39 is 34.9 Å². The van der Waals surface area contributed by atoms with Gasteiger partial charge >= 0.3 is 12.3 Å². The van der Waals surface area contributed by atoms with Gasteiger partial charge in [-0.2, -0.15) is 13.2 Å². The van der Waals surface area contributed by atoms with Crippen LogP contribution in [0, 0.1) is 0 Å². The molecule has 34 heavy (non-hydrogen) atoms. The number of ether oxygens (including phenoxy) is 1. The Morgan fingerprint density at radius 1 is 0.824 bits per heavy atom. The summed E-state index contributed by atoms with van der Waals surface area (Å²) in [7, 11) is 0. The van der Waals surface area contributed by atoms with Gasteiger partial charge in [0.25, 0.3) is 11.8 Å². The standard InChI is InChI=1S/C24H26F3N3O4/c1-23(2,3)34-22(33)28-17-10-8-16(9-11-17)20(31)29-12-14-30(15-13-29)21(32)18-6-4-5-7-19(18)24(25,26)27/h4-11H,12-15H2,1-3H3,(H,28,33). The molecular formula is C24H26F3N3O4. The van der Waals surface area contributed by atoms with Crippen molar-refractivity contribution in [3.05, 3.63) is 65.2 Å². The summed E-state index contributed by atoms with van der Waals surface area (Å²) < 4.78 is 44.9. The van der Waals surface area contributed by atoms with Gasteiger partial charge in [-0.1, -0.05) is 12.1 Å². The molecule has 0 aromatic heterocycles. The zero-order valence-electron chi connectivity index (χ0n) is 19.1. The van der Waals surface area contributed by atoms with Gasteiger partial charge in [0, 0.05) is 37.4 Å².